The van der Waals surface area contributed by atoms with Crippen molar-refractivity contribution >= 4 is 0 Å². The highest BCUT2D eigenvalue weighted by molar-refractivity contribution is 4.93. The summed E-state index contributed by atoms with van der Waals surface area (Å²) in [6, 6.07) is 1.42. The molecule has 2 fully saturated rings. The molecule has 1 aliphatic heterocycles. The van der Waals surface area contributed by atoms with Crippen molar-refractivity contribution in [3.8, 4) is 0 Å². The van der Waals surface area contributed by atoms with E-state index in [-0.39, 0.29) is 0 Å². The minimum Gasteiger partial charge on any atom is -0.311 e. The first-order valence-electron chi connectivity index (χ1n) is 7.98. The molecule has 1 aliphatic carbocycles. The predicted octanol–water partition coefficient (Wildman–Crippen LogP) is 3.28. The number of hydrogen-bond donors (Lipinski definition) is 1. The summed E-state index contributed by atoms with van der Waals surface area (Å²) in [4.78, 5) is 2.81. The zero-order valence-electron chi connectivity index (χ0n) is 12.8. The van der Waals surface area contributed by atoms with Crippen molar-refractivity contribution in [3.05, 3.63) is 0 Å². The fraction of sp³-hybridized carbons (Fsp3) is 1.00. The second-order valence-electron chi connectivity index (χ2n) is 7.50. The fourth-order valence-corrected chi connectivity index (χ4v) is 3.74. The van der Waals surface area contributed by atoms with Crippen molar-refractivity contribution in [2.75, 3.05) is 19.6 Å². The number of rotatable bonds is 3. The van der Waals surface area contributed by atoms with Crippen LogP contribution in [0.1, 0.15) is 59.8 Å². The maximum absolute atomic E-state index is 3.74. The average Bonchev–Trinajstić information content (AvgIpc) is 2.80. The Kier molecular flexibility index (Phi) is 4.71. The molecule has 2 unspecified atom stereocenters. The van der Waals surface area contributed by atoms with E-state index in [2.05, 4.69) is 37.9 Å². The number of nitrogens with one attached hydrogen (secondary N) is 1. The van der Waals surface area contributed by atoms with Crippen molar-refractivity contribution in [1.82, 2.24) is 10.2 Å². The molecule has 1 N–H and O–H groups in total. The van der Waals surface area contributed by atoms with Crippen molar-refractivity contribution < 1.29 is 0 Å². The van der Waals surface area contributed by atoms with Crippen LogP contribution in [0, 0.1) is 11.3 Å². The third-order valence-corrected chi connectivity index (χ3v) is 4.96. The van der Waals surface area contributed by atoms with Crippen LogP contribution >= 0.6 is 0 Å². The molecule has 0 amide bonds. The highest BCUT2D eigenvalue weighted by Crippen LogP contribution is 2.31. The highest BCUT2D eigenvalue weighted by Gasteiger charge is 2.36. The van der Waals surface area contributed by atoms with E-state index >= 15 is 0 Å². The standard InChI is InChI=1S/C16H32N2/c1-5-14-12-18(11-13-8-6-7-9-13)15(10-17-14)16(2,3)4/h13-15,17H,5-12H2,1-4H3. The van der Waals surface area contributed by atoms with Crippen molar-refractivity contribution in [3.63, 3.8) is 0 Å². The lowest BCUT2D eigenvalue weighted by atomic mass is 9.83. The zero-order valence-corrected chi connectivity index (χ0v) is 12.8. The molecule has 2 aliphatic rings. The molecule has 18 heavy (non-hydrogen) atoms. The Morgan fingerprint density at radius 3 is 2.39 bits per heavy atom. The lowest BCUT2D eigenvalue weighted by Gasteiger charge is -2.47. The first-order chi connectivity index (χ1) is 8.50. The molecule has 0 aromatic rings. The minimum absolute atomic E-state index is 0.393. The smallest absolute Gasteiger partial charge is 0.0269 e. The van der Waals surface area contributed by atoms with Gasteiger partial charge in [0.1, 0.15) is 0 Å². The minimum atomic E-state index is 0.393. The molecule has 0 radical (unpaired) electrons. The van der Waals surface area contributed by atoms with Gasteiger partial charge in [-0.1, -0.05) is 40.5 Å². The van der Waals surface area contributed by atoms with Crippen molar-refractivity contribution in [2.45, 2.75) is 71.9 Å². The first-order valence-corrected chi connectivity index (χ1v) is 7.98. The largest absolute Gasteiger partial charge is 0.311 e. The molecule has 2 nitrogen and oxygen atoms in total. The summed E-state index contributed by atoms with van der Waals surface area (Å²) in [5, 5.41) is 3.74. The van der Waals surface area contributed by atoms with Gasteiger partial charge in [0.15, 0.2) is 0 Å². The van der Waals surface area contributed by atoms with Gasteiger partial charge >= 0.3 is 0 Å². The Labute approximate surface area is 114 Å². The van der Waals surface area contributed by atoms with Crippen LogP contribution in [0.25, 0.3) is 0 Å². The van der Waals surface area contributed by atoms with E-state index in [4.69, 9.17) is 0 Å². The summed E-state index contributed by atoms with van der Waals surface area (Å²) < 4.78 is 0. The maximum atomic E-state index is 3.74. The van der Waals surface area contributed by atoms with Crippen LogP contribution < -0.4 is 5.32 Å². The van der Waals surface area contributed by atoms with Crippen molar-refractivity contribution in [2.24, 2.45) is 11.3 Å². The molecule has 2 rings (SSSR count). The quantitative estimate of drug-likeness (QED) is 0.829. The van der Waals surface area contributed by atoms with Crippen LogP contribution in [0.5, 0.6) is 0 Å². The Morgan fingerprint density at radius 2 is 1.83 bits per heavy atom. The Hall–Kier alpha value is -0.0800. The van der Waals surface area contributed by atoms with E-state index < -0.39 is 0 Å². The van der Waals surface area contributed by atoms with E-state index in [0.717, 1.165) is 5.92 Å². The highest BCUT2D eigenvalue weighted by atomic mass is 15.2. The van der Waals surface area contributed by atoms with Gasteiger partial charge < -0.3 is 5.32 Å². The van der Waals surface area contributed by atoms with Gasteiger partial charge in [-0.05, 0) is 30.6 Å². The second-order valence-corrected chi connectivity index (χ2v) is 7.50. The summed E-state index contributed by atoms with van der Waals surface area (Å²) in [6.45, 7) is 13.3. The zero-order chi connectivity index (χ0) is 13.2. The van der Waals surface area contributed by atoms with Gasteiger partial charge in [-0.3, -0.25) is 4.90 Å². The lowest BCUT2D eigenvalue weighted by Crippen LogP contribution is -2.61. The SMILES string of the molecule is CCC1CN(CC2CCCC2)C(C(C)(C)C)CN1. The van der Waals surface area contributed by atoms with Crippen LogP contribution in [-0.2, 0) is 0 Å². The number of hydrogen-bond acceptors (Lipinski definition) is 2. The summed E-state index contributed by atoms with van der Waals surface area (Å²) in [6.07, 6.45) is 7.13. The predicted molar refractivity (Wildman–Crippen MR) is 78.9 cm³/mol. The fourth-order valence-electron chi connectivity index (χ4n) is 3.74. The maximum Gasteiger partial charge on any atom is 0.0269 e. The Bertz CT molecular complexity index is 250. The van der Waals surface area contributed by atoms with Crippen molar-refractivity contribution in [1.29, 1.82) is 0 Å². The van der Waals surface area contributed by atoms with E-state index in [1.54, 1.807) is 0 Å². The summed E-state index contributed by atoms with van der Waals surface area (Å²) in [7, 11) is 0. The first kappa shape index (κ1) is 14.3. The summed E-state index contributed by atoms with van der Waals surface area (Å²) in [5.74, 6) is 0.977. The molecule has 106 valence electrons. The molecule has 2 atom stereocenters. The van der Waals surface area contributed by atoms with Gasteiger partial charge in [-0.2, -0.15) is 0 Å². The molecule has 0 bridgehead atoms. The molecular weight excluding hydrogens is 220 g/mol. The topological polar surface area (TPSA) is 15.3 Å². The molecule has 0 spiro atoms. The molecule has 0 aromatic heterocycles. The lowest BCUT2D eigenvalue weighted by molar-refractivity contribution is 0.0427. The van der Waals surface area contributed by atoms with E-state index in [9.17, 15) is 0 Å². The molecule has 1 saturated heterocycles. The Morgan fingerprint density at radius 1 is 1.17 bits per heavy atom. The van der Waals surface area contributed by atoms with Gasteiger partial charge in [0.2, 0.25) is 0 Å². The van der Waals surface area contributed by atoms with Crippen LogP contribution in [0.3, 0.4) is 0 Å². The van der Waals surface area contributed by atoms with Gasteiger partial charge in [0, 0.05) is 31.7 Å². The number of piperazine rings is 1. The monoisotopic (exact) mass is 252 g/mol. The summed E-state index contributed by atoms with van der Waals surface area (Å²) in [5.41, 5.74) is 0.393. The molecule has 0 aromatic carbocycles. The molecular formula is C16H32N2. The van der Waals surface area contributed by atoms with E-state index in [1.165, 1.54) is 51.7 Å². The third-order valence-electron chi connectivity index (χ3n) is 4.96. The molecule has 1 saturated carbocycles. The van der Waals surface area contributed by atoms with E-state index in [0.29, 0.717) is 17.5 Å². The average molecular weight is 252 g/mol. The molecule has 2 heteroatoms. The van der Waals surface area contributed by atoms with Crippen LogP contribution in [0.15, 0.2) is 0 Å². The second kappa shape index (κ2) is 5.92. The van der Waals surface area contributed by atoms with Gasteiger partial charge in [0.25, 0.3) is 0 Å². The van der Waals surface area contributed by atoms with Gasteiger partial charge in [-0.25, -0.2) is 0 Å². The number of nitrogens with zero attached hydrogens (tertiary/aromatic N) is 1. The van der Waals surface area contributed by atoms with E-state index in [1.807, 2.05) is 0 Å². The van der Waals surface area contributed by atoms with Gasteiger partial charge in [0.05, 0.1) is 0 Å². The Balaban J connectivity index is 1.99. The third kappa shape index (κ3) is 3.48. The van der Waals surface area contributed by atoms with Crippen LogP contribution in [0.4, 0.5) is 0 Å². The van der Waals surface area contributed by atoms with Crippen LogP contribution in [-0.4, -0.2) is 36.6 Å². The summed E-state index contributed by atoms with van der Waals surface area (Å²) >= 11 is 0. The van der Waals surface area contributed by atoms with Gasteiger partial charge in [-0.15, -0.1) is 0 Å². The normalized spacial score (nSPS) is 32.0. The van der Waals surface area contributed by atoms with Crippen LogP contribution in [0.2, 0.25) is 0 Å². The molecule has 1 heterocycles.